The molecule has 1 atom stereocenters. The van der Waals surface area contributed by atoms with Gasteiger partial charge >= 0.3 is 0 Å². The van der Waals surface area contributed by atoms with E-state index in [1.807, 2.05) is 6.07 Å². The van der Waals surface area contributed by atoms with Gasteiger partial charge in [-0.2, -0.15) is 0 Å². The Morgan fingerprint density at radius 1 is 0.778 bits per heavy atom. The molecule has 0 aliphatic carbocycles. The first kappa shape index (κ1) is 12.7. The van der Waals surface area contributed by atoms with E-state index in [0.717, 1.165) is 0 Å². The van der Waals surface area contributed by atoms with Crippen LogP contribution < -0.4 is 5.32 Å². The highest BCUT2D eigenvalue weighted by atomic mass is 14.9. The van der Waals surface area contributed by atoms with E-state index in [4.69, 9.17) is 0 Å². The molecule has 0 spiro atoms. The summed E-state index contributed by atoms with van der Waals surface area (Å²) < 4.78 is 0. The van der Waals surface area contributed by atoms with Gasteiger partial charge in [0.15, 0.2) is 0 Å². The molecule has 0 unspecified atom stereocenters. The van der Waals surface area contributed by atoms with Gasteiger partial charge in [-0.25, -0.2) is 0 Å². The maximum absolute atomic E-state index is 3.64. The average Bonchev–Trinajstić information content (AvgIpc) is 2.37. The third-order valence-electron chi connectivity index (χ3n) is 3.08. The molecule has 1 heteroatoms. The van der Waals surface area contributed by atoms with Gasteiger partial charge in [0.1, 0.15) is 0 Å². The highest BCUT2D eigenvalue weighted by molar-refractivity contribution is 5.45. The number of hydrogen-bond donors (Lipinski definition) is 1. The zero-order valence-electron chi connectivity index (χ0n) is 11.4. The van der Waals surface area contributed by atoms with Crippen molar-refractivity contribution in [3.05, 3.63) is 66.2 Å². The number of rotatable bonds is 3. The molecule has 0 saturated carbocycles. The van der Waals surface area contributed by atoms with Gasteiger partial charge in [-0.05, 0) is 23.1 Å². The molecular weight excluding hydrogens is 218 g/mol. The molecule has 2 aromatic carbocycles. The van der Waals surface area contributed by atoms with Gasteiger partial charge in [-0.3, -0.25) is 0 Å². The molecule has 0 radical (unpaired) electrons. The molecule has 0 heterocycles. The van der Waals surface area contributed by atoms with Crippen molar-refractivity contribution in [1.29, 1.82) is 0 Å². The number of hydrogen-bond acceptors (Lipinski definition) is 1. The van der Waals surface area contributed by atoms with Crippen LogP contribution in [0.25, 0.3) is 0 Å². The van der Waals surface area contributed by atoms with Crippen molar-refractivity contribution in [2.24, 2.45) is 5.41 Å². The summed E-state index contributed by atoms with van der Waals surface area (Å²) in [5.41, 5.74) is 2.66. The molecule has 1 nitrogen and oxygen atoms in total. The predicted molar refractivity (Wildman–Crippen MR) is 78.7 cm³/mol. The minimum absolute atomic E-state index is 0.164. The van der Waals surface area contributed by atoms with Gasteiger partial charge in [0.25, 0.3) is 0 Å². The number of benzene rings is 2. The molecule has 2 rings (SSSR count). The van der Waals surface area contributed by atoms with Crippen LogP contribution in [0.4, 0.5) is 5.69 Å². The van der Waals surface area contributed by atoms with Crippen molar-refractivity contribution < 1.29 is 0 Å². The number of anilines is 1. The monoisotopic (exact) mass is 239 g/mol. The highest BCUT2D eigenvalue weighted by Gasteiger charge is 2.25. The second-order valence-electron chi connectivity index (χ2n) is 5.72. The number of nitrogens with one attached hydrogen (secondary N) is 1. The lowest BCUT2D eigenvalue weighted by Crippen LogP contribution is -2.25. The lowest BCUT2D eigenvalue weighted by Gasteiger charge is -2.33. The lowest BCUT2D eigenvalue weighted by atomic mass is 9.82. The van der Waals surface area contributed by atoms with Crippen LogP contribution in [0.5, 0.6) is 0 Å². The minimum atomic E-state index is 0.164. The van der Waals surface area contributed by atoms with E-state index in [1.54, 1.807) is 0 Å². The lowest BCUT2D eigenvalue weighted by molar-refractivity contribution is 0.347. The van der Waals surface area contributed by atoms with Gasteiger partial charge in [-0.1, -0.05) is 69.3 Å². The smallest absolute Gasteiger partial charge is 0.0562 e. The quantitative estimate of drug-likeness (QED) is 0.804. The van der Waals surface area contributed by atoms with Crippen molar-refractivity contribution >= 4 is 5.69 Å². The van der Waals surface area contributed by atoms with Gasteiger partial charge in [-0.15, -0.1) is 0 Å². The molecule has 2 aromatic rings. The summed E-state index contributed by atoms with van der Waals surface area (Å²) in [5, 5.41) is 3.64. The van der Waals surface area contributed by atoms with Crippen LogP contribution in [-0.4, -0.2) is 0 Å². The Kier molecular flexibility index (Phi) is 3.71. The third kappa shape index (κ3) is 3.13. The van der Waals surface area contributed by atoms with E-state index in [-0.39, 0.29) is 5.41 Å². The Morgan fingerprint density at radius 3 is 1.78 bits per heavy atom. The molecule has 0 bridgehead atoms. The fourth-order valence-corrected chi connectivity index (χ4v) is 2.15. The Balaban J connectivity index is 2.28. The maximum Gasteiger partial charge on any atom is 0.0562 e. The van der Waals surface area contributed by atoms with Crippen LogP contribution in [0.3, 0.4) is 0 Å². The third-order valence-corrected chi connectivity index (χ3v) is 3.08. The van der Waals surface area contributed by atoms with E-state index in [2.05, 4.69) is 80.7 Å². The maximum atomic E-state index is 3.64. The van der Waals surface area contributed by atoms with Crippen LogP contribution >= 0.6 is 0 Å². The van der Waals surface area contributed by atoms with Gasteiger partial charge in [0.2, 0.25) is 0 Å². The topological polar surface area (TPSA) is 12.0 Å². The summed E-state index contributed by atoms with van der Waals surface area (Å²) in [6, 6.07) is 21.3. The molecule has 0 aliphatic rings. The first-order chi connectivity index (χ1) is 8.57. The molecule has 18 heavy (non-hydrogen) atoms. The Morgan fingerprint density at radius 2 is 1.28 bits per heavy atom. The Labute approximate surface area is 110 Å². The first-order valence-electron chi connectivity index (χ1n) is 6.44. The Bertz CT molecular complexity index is 468. The van der Waals surface area contributed by atoms with Crippen LogP contribution in [0.15, 0.2) is 60.7 Å². The van der Waals surface area contributed by atoms with Crippen LogP contribution in [-0.2, 0) is 0 Å². The summed E-state index contributed by atoms with van der Waals surface area (Å²) >= 11 is 0. The van der Waals surface area contributed by atoms with Crippen molar-refractivity contribution in [1.82, 2.24) is 0 Å². The largest absolute Gasteiger partial charge is 0.378 e. The van der Waals surface area contributed by atoms with Gasteiger partial charge in [0, 0.05) is 5.69 Å². The van der Waals surface area contributed by atoms with Crippen LogP contribution in [0.2, 0.25) is 0 Å². The van der Waals surface area contributed by atoms with E-state index in [0.29, 0.717) is 6.04 Å². The predicted octanol–water partition coefficient (Wildman–Crippen LogP) is 4.89. The summed E-state index contributed by atoms with van der Waals surface area (Å²) in [4.78, 5) is 0. The van der Waals surface area contributed by atoms with Crippen LogP contribution in [0.1, 0.15) is 32.4 Å². The fraction of sp³-hybridized carbons (Fsp3) is 0.294. The highest BCUT2D eigenvalue weighted by Crippen LogP contribution is 2.35. The minimum Gasteiger partial charge on any atom is -0.378 e. The molecule has 0 aliphatic heterocycles. The fourth-order valence-electron chi connectivity index (χ4n) is 2.15. The molecule has 0 aromatic heterocycles. The van der Waals surface area contributed by atoms with Crippen molar-refractivity contribution in [3.8, 4) is 0 Å². The zero-order chi connectivity index (χ0) is 13.0. The van der Waals surface area contributed by atoms with Crippen molar-refractivity contribution in [2.45, 2.75) is 26.8 Å². The second-order valence-corrected chi connectivity index (χ2v) is 5.72. The van der Waals surface area contributed by atoms with Crippen molar-refractivity contribution in [2.75, 3.05) is 5.32 Å². The standard InChI is InChI=1S/C17H21N/c1-17(2,3)16(14-10-6-4-7-11-14)18-15-12-8-5-9-13-15/h4-13,16,18H,1-3H3/t16-/m0/s1. The molecule has 0 fully saturated rings. The normalized spacial score (nSPS) is 13.1. The zero-order valence-corrected chi connectivity index (χ0v) is 11.4. The Hall–Kier alpha value is -1.76. The summed E-state index contributed by atoms with van der Waals surface area (Å²) in [5.74, 6) is 0. The second kappa shape index (κ2) is 5.26. The SMILES string of the molecule is CC(C)(C)[C@@H](Nc1ccccc1)c1ccccc1. The molecule has 0 saturated heterocycles. The van der Waals surface area contributed by atoms with Gasteiger partial charge < -0.3 is 5.32 Å². The first-order valence-corrected chi connectivity index (χ1v) is 6.44. The summed E-state index contributed by atoms with van der Waals surface area (Å²) in [7, 11) is 0. The molecular formula is C17H21N. The summed E-state index contributed by atoms with van der Waals surface area (Å²) in [6.45, 7) is 6.79. The average molecular weight is 239 g/mol. The van der Waals surface area contributed by atoms with E-state index < -0.39 is 0 Å². The number of para-hydroxylation sites is 1. The van der Waals surface area contributed by atoms with E-state index in [9.17, 15) is 0 Å². The van der Waals surface area contributed by atoms with E-state index in [1.165, 1.54) is 11.3 Å². The molecule has 0 amide bonds. The van der Waals surface area contributed by atoms with Gasteiger partial charge in [0.05, 0.1) is 6.04 Å². The van der Waals surface area contributed by atoms with Crippen molar-refractivity contribution in [3.63, 3.8) is 0 Å². The molecule has 1 N–H and O–H groups in total. The summed E-state index contributed by atoms with van der Waals surface area (Å²) in [6.07, 6.45) is 0. The van der Waals surface area contributed by atoms with E-state index >= 15 is 0 Å². The van der Waals surface area contributed by atoms with Crippen LogP contribution in [0, 0.1) is 5.41 Å². The molecule has 94 valence electrons.